The van der Waals surface area contributed by atoms with Gasteiger partial charge in [0.2, 0.25) is 5.91 Å². The van der Waals surface area contributed by atoms with Crippen LogP contribution in [0.2, 0.25) is 0 Å². The Labute approximate surface area is 151 Å². The number of fused-ring (bicyclic) bond motifs is 1. The Morgan fingerprint density at radius 2 is 1.85 bits per heavy atom. The molecule has 0 radical (unpaired) electrons. The quantitative estimate of drug-likeness (QED) is 0.728. The maximum absolute atomic E-state index is 12.5. The average molecular weight is 350 g/mol. The zero-order valence-electron chi connectivity index (χ0n) is 14.9. The molecule has 134 valence electrons. The lowest BCUT2D eigenvalue weighted by Crippen LogP contribution is -2.41. The van der Waals surface area contributed by atoms with E-state index in [1.54, 1.807) is 4.57 Å². The first-order chi connectivity index (χ1) is 12.6. The fourth-order valence-electron chi connectivity index (χ4n) is 3.75. The Kier molecular flexibility index (Phi) is 4.37. The molecule has 5 heteroatoms. The highest BCUT2D eigenvalue weighted by molar-refractivity contribution is 5.79. The molecule has 1 aromatic heterocycles. The van der Waals surface area contributed by atoms with Crippen molar-refractivity contribution >= 4 is 17.0 Å². The van der Waals surface area contributed by atoms with Gasteiger partial charge in [-0.2, -0.15) is 0 Å². The monoisotopic (exact) mass is 350 g/mol. The summed E-state index contributed by atoms with van der Waals surface area (Å²) in [5.74, 6) is -0.158. The summed E-state index contributed by atoms with van der Waals surface area (Å²) in [5.41, 5.74) is 3.61. The number of aromatic nitrogens is 1. The van der Waals surface area contributed by atoms with Gasteiger partial charge in [-0.1, -0.05) is 36.4 Å². The van der Waals surface area contributed by atoms with Gasteiger partial charge >= 0.3 is 5.76 Å². The average Bonchev–Trinajstić information content (AvgIpc) is 2.97. The maximum Gasteiger partial charge on any atom is 0.420 e. The normalized spacial score (nSPS) is 15.5. The fourth-order valence-corrected chi connectivity index (χ4v) is 3.75. The van der Waals surface area contributed by atoms with Crippen LogP contribution in [0.4, 0.5) is 0 Å². The third-order valence-electron chi connectivity index (χ3n) is 5.15. The molecule has 0 saturated carbocycles. The number of hydrogen-bond acceptors (Lipinski definition) is 3. The summed E-state index contributed by atoms with van der Waals surface area (Å²) in [6.45, 7) is 3.34. The summed E-state index contributed by atoms with van der Waals surface area (Å²) >= 11 is 0. The van der Waals surface area contributed by atoms with Crippen LogP contribution in [0.3, 0.4) is 0 Å². The predicted octanol–water partition coefficient (Wildman–Crippen LogP) is 3.31. The Bertz CT molecular complexity index is 979. The largest absolute Gasteiger partial charge is 0.420 e. The lowest BCUT2D eigenvalue weighted by molar-refractivity contribution is -0.131. The van der Waals surface area contributed by atoms with E-state index in [4.69, 9.17) is 4.42 Å². The van der Waals surface area contributed by atoms with Crippen molar-refractivity contribution in [3.05, 3.63) is 70.2 Å². The standard InChI is InChI=1S/C21H22N2O3/c1-15-7-8-19-18(13-15)23(21(25)26-19)17-9-11-22(12-10-17)20(24)14-16-5-3-2-4-6-16/h2-8,13,17H,9-12,14H2,1H3. The van der Waals surface area contributed by atoms with Gasteiger partial charge in [0, 0.05) is 19.1 Å². The van der Waals surface area contributed by atoms with Gasteiger partial charge in [0.05, 0.1) is 11.9 Å². The second kappa shape index (κ2) is 6.83. The van der Waals surface area contributed by atoms with Gasteiger partial charge in [-0.05, 0) is 43.0 Å². The Hall–Kier alpha value is -2.82. The van der Waals surface area contributed by atoms with Gasteiger partial charge in [-0.25, -0.2) is 4.79 Å². The van der Waals surface area contributed by atoms with Crippen LogP contribution in [0.15, 0.2) is 57.7 Å². The number of oxazole rings is 1. The van der Waals surface area contributed by atoms with Gasteiger partial charge in [0.15, 0.2) is 5.58 Å². The second-order valence-electron chi connectivity index (χ2n) is 6.98. The summed E-state index contributed by atoms with van der Waals surface area (Å²) in [4.78, 5) is 26.7. The van der Waals surface area contributed by atoms with Crippen molar-refractivity contribution < 1.29 is 9.21 Å². The van der Waals surface area contributed by atoms with Crippen LogP contribution < -0.4 is 5.76 Å². The molecular formula is C21H22N2O3. The van der Waals surface area contributed by atoms with E-state index in [2.05, 4.69) is 0 Å². The molecule has 0 bridgehead atoms. The number of nitrogens with zero attached hydrogens (tertiary/aromatic N) is 2. The fraction of sp³-hybridized carbons (Fsp3) is 0.333. The molecule has 1 fully saturated rings. The molecule has 1 saturated heterocycles. The molecule has 0 N–H and O–H groups in total. The molecule has 2 aromatic carbocycles. The number of benzene rings is 2. The number of hydrogen-bond donors (Lipinski definition) is 0. The maximum atomic E-state index is 12.5. The highest BCUT2D eigenvalue weighted by atomic mass is 16.4. The van der Waals surface area contributed by atoms with Crippen molar-refractivity contribution in [3.63, 3.8) is 0 Å². The molecule has 3 aromatic rings. The van der Waals surface area contributed by atoms with Gasteiger partial charge in [0.1, 0.15) is 0 Å². The summed E-state index contributed by atoms with van der Waals surface area (Å²) in [7, 11) is 0. The third-order valence-corrected chi connectivity index (χ3v) is 5.15. The smallest absolute Gasteiger partial charge is 0.408 e. The minimum atomic E-state index is -0.306. The first-order valence-corrected chi connectivity index (χ1v) is 9.05. The van der Waals surface area contributed by atoms with E-state index in [1.165, 1.54) is 0 Å². The summed E-state index contributed by atoms with van der Waals surface area (Å²) in [5, 5.41) is 0. The number of amides is 1. The Morgan fingerprint density at radius 3 is 2.58 bits per heavy atom. The molecule has 0 aliphatic carbocycles. The molecule has 0 spiro atoms. The lowest BCUT2D eigenvalue weighted by atomic mass is 10.0. The van der Waals surface area contributed by atoms with Gasteiger partial charge < -0.3 is 9.32 Å². The van der Waals surface area contributed by atoms with Crippen molar-refractivity contribution in [3.8, 4) is 0 Å². The van der Waals surface area contributed by atoms with E-state index >= 15 is 0 Å². The molecule has 1 amide bonds. The summed E-state index contributed by atoms with van der Waals surface area (Å²) < 4.78 is 7.15. The zero-order valence-corrected chi connectivity index (χ0v) is 14.9. The topological polar surface area (TPSA) is 55.5 Å². The van der Waals surface area contributed by atoms with Crippen LogP contribution in [-0.2, 0) is 11.2 Å². The molecule has 2 heterocycles. The van der Waals surface area contributed by atoms with Crippen LogP contribution in [0.5, 0.6) is 0 Å². The predicted molar refractivity (Wildman–Crippen MR) is 100 cm³/mol. The van der Waals surface area contributed by atoms with Gasteiger partial charge in [-0.3, -0.25) is 9.36 Å². The van der Waals surface area contributed by atoms with E-state index in [9.17, 15) is 9.59 Å². The molecule has 1 aliphatic heterocycles. The molecule has 26 heavy (non-hydrogen) atoms. The van der Waals surface area contributed by atoms with E-state index in [0.717, 1.165) is 29.5 Å². The SMILES string of the molecule is Cc1ccc2oc(=O)n(C3CCN(C(=O)Cc4ccccc4)CC3)c2c1. The minimum absolute atomic E-state index is 0.0753. The van der Waals surface area contributed by atoms with Crippen molar-refractivity contribution in [1.29, 1.82) is 0 Å². The number of piperidine rings is 1. The second-order valence-corrected chi connectivity index (χ2v) is 6.98. The Balaban J connectivity index is 1.47. The van der Waals surface area contributed by atoms with Crippen LogP contribution in [0, 0.1) is 6.92 Å². The van der Waals surface area contributed by atoms with Crippen LogP contribution >= 0.6 is 0 Å². The number of likely N-dealkylation sites (tertiary alicyclic amines) is 1. The van der Waals surface area contributed by atoms with Crippen molar-refractivity contribution in [1.82, 2.24) is 9.47 Å². The van der Waals surface area contributed by atoms with Gasteiger partial charge in [0.25, 0.3) is 0 Å². The minimum Gasteiger partial charge on any atom is -0.408 e. The summed E-state index contributed by atoms with van der Waals surface area (Å²) in [6, 6.07) is 15.7. The number of carbonyl (C=O) groups excluding carboxylic acids is 1. The molecule has 4 rings (SSSR count). The van der Waals surface area contributed by atoms with E-state index in [1.807, 2.05) is 60.4 Å². The van der Waals surface area contributed by atoms with Crippen molar-refractivity contribution in [2.24, 2.45) is 0 Å². The highest BCUT2D eigenvalue weighted by Gasteiger charge is 2.26. The molecule has 1 aliphatic rings. The Morgan fingerprint density at radius 1 is 1.12 bits per heavy atom. The lowest BCUT2D eigenvalue weighted by Gasteiger charge is -2.32. The van der Waals surface area contributed by atoms with E-state index in [-0.39, 0.29) is 17.7 Å². The van der Waals surface area contributed by atoms with Crippen LogP contribution in [-0.4, -0.2) is 28.5 Å². The summed E-state index contributed by atoms with van der Waals surface area (Å²) in [6.07, 6.45) is 1.96. The number of aryl methyl sites for hydroxylation is 1. The van der Waals surface area contributed by atoms with Gasteiger partial charge in [-0.15, -0.1) is 0 Å². The molecular weight excluding hydrogens is 328 g/mol. The first-order valence-electron chi connectivity index (χ1n) is 9.05. The molecule has 5 nitrogen and oxygen atoms in total. The molecule has 0 atom stereocenters. The van der Waals surface area contributed by atoms with Crippen molar-refractivity contribution in [2.75, 3.05) is 13.1 Å². The van der Waals surface area contributed by atoms with Crippen molar-refractivity contribution in [2.45, 2.75) is 32.2 Å². The first kappa shape index (κ1) is 16.6. The van der Waals surface area contributed by atoms with E-state index < -0.39 is 0 Å². The number of rotatable bonds is 3. The molecule has 0 unspecified atom stereocenters. The third kappa shape index (κ3) is 3.17. The highest BCUT2D eigenvalue weighted by Crippen LogP contribution is 2.26. The van der Waals surface area contributed by atoms with Crippen LogP contribution in [0.1, 0.15) is 30.0 Å². The van der Waals surface area contributed by atoms with E-state index in [0.29, 0.717) is 25.1 Å². The zero-order chi connectivity index (χ0) is 18.1. The van der Waals surface area contributed by atoms with Crippen LogP contribution in [0.25, 0.3) is 11.1 Å². The number of carbonyl (C=O) groups is 1.